The van der Waals surface area contributed by atoms with Crippen molar-refractivity contribution >= 4 is 11.7 Å². The third-order valence-electron chi connectivity index (χ3n) is 3.78. The highest BCUT2D eigenvalue weighted by molar-refractivity contribution is 5.89. The molecule has 0 spiro atoms. The van der Waals surface area contributed by atoms with Gasteiger partial charge in [-0.2, -0.15) is 0 Å². The minimum Gasteiger partial charge on any atom is -0.376 e. The number of benzene rings is 1. The molecule has 3 rings (SSSR count). The molecule has 5 nitrogen and oxygen atoms in total. The maximum absolute atomic E-state index is 11.8. The quantitative estimate of drug-likeness (QED) is 0.727. The molecular formula is C13H17N3O2. The molecule has 1 aromatic carbocycles. The lowest BCUT2D eigenvalue weighted by molar-refractivity contribution is -0.0128. The molecule has 0 radical (unpaired) electrons. The molecule has 96 valence electrons. The standard InChI is InChI=1S/C13H17N3O2/c14-10-9-6-7-18-12(9)11(10)16-13(17)15-8-4-2-1-3-5-8/h1-5,9-12H,6-7,14H2,(H2,15,16,17). The number of nitrogens with one attached hydrogen (secondary N) is 2. The van der Waals surface area contributed by atoms with E-state index in [1.165, 1.54) is 0 Å². The minimum absolute atomic E-state index is 0.0130. The van der Waals surface area contributed by atoms with Gasteiger partial charge in [0.2, 0.25) is 0 Å². The van der Waals surface area contributed by atoms with E-state index in [0.717, 1.165) is 18.7 Å². The third kappa shape index (κ3) is 1.95. The number of para-hydroxylation sites is 1. The molecule has 4 N–H and O–H groups in total. The highest BCUT2D eigenvalue weighted by Crippen LogP contribution is 2.37. The van der Waals surface area contributed by atoms with E-state index >= 15 is 0 Å². The number of amides is 2. The largest absolute Gasteiger partial charge is 0.376 e. The van der Waals surface area contributed by atoms with Crippen LogP contribution in [0.3, 0.4) is 0 Å². The van der Waals surface area contributed by atoms with Crippen LogP contribution < -0.4 is 16.4 Å². The Morgan fingerprint density at radius 1 is 1.33 bits per heavy atom. The predicted octanol–water partition coefficient (Wildman–Crippen LogP) is 0.923. The van der Waals surface area contributed by atoms with Crippen molar-refractivity contribution in [3.05, 3.63) is 30.3 Å². The first-order valence-electron chi connectivity index (χ1n) is 6.25. The monoisotopic (exact) mass is 247 g/mol. The van der Waals surface area contributed by atoms with Gasteiger partial charge in [-0.3, -0.25) is 0 Å². The normalized spacial score (nSPS) is 33.4. The molecule has 1 aromatic rings. The first kappa shape index (κ1) is 11.5. The van der Waals surface area contributed by atoms with Gasteiger partial charge in [-0.1, -0.05) is 18.2 Å². The lowest BCUT2D eigenvalue weighted by atomic mass is 9.72. The fraction of sp³-hybridized carbons (Fsp3) is 0.462. The van der Waals surface area contributed by atoms with E-state index in [2.05, 4.69) is 10.6 Å². The lowest BCUT2D eigenvalue weighted by Gasteiger charge is -2.45. The molecule has 0 bridgehead atoms. The fourth-order valence-electron chi connectivity index (χ4n) is 2.77. The average Bonchev–Trinajstić information content (AvgIpc) is 2.82. The van der Waals surface area contributed by atoms with Gasteiger partial charge in [-0.25, -0.2) is 4.79 Å². The first-order valence-corrected chi connectivity index (χ1v) is 6.25. The van der Waals surface area contributed by atoms with E-state index in [0.29, 0.717) is 5.92 Å². The van der Waals surface area contributed by atoms with Gasteiger partial charge in [-0.15, -0.1) is 0 Å². The van der Waals surface area contributed by atoms with Crippen molar-refractivity contribution in [2.24, 2.45) is 11.7 Å². The van der Waals surface area contributed by atoms with Crippen molar-refractivity contribution in [3.63, 3.8) is 0 Å². The maximum Gasteiger partial charge on any atom is 0.319 e. The summed E-state index contributed by atoms with van der Waals surface area (Å²) >= 11 is 0. The molecule has 4 atom stereocenters. The Bertz CT molecular complexity index is 437. The Balaban J connectivity index is 1.56. The van der Waals surface area contributed by atoms with Crippen LogP contribution in [0.15, 0.2) is 30.3 Å². The second-order valence-electron chi connectivity index (χ2n) is 4.86. The van der Waals surface area contributed by atoms with E-state index in [1.807, 2.05) is 30.3 Å². The predicted molar refractivity (Wildman–Crippen MR) is 68.2 cm³/mol. The number of urea groups is 1. The van der Waals surface area contributed by atoms with Gasteiger partial charge in [0.15, 0.2) is 0 Å². The summed E-state index contributed by atoms with van der Waals surface area (Å²) in [6, 6.07) is 9.06. The van der Waals surface area contributed by atoms with E-state index in [4.69, 9.17) is 10.5 Å². The summed E-state index contributed by atoms with van der Waals surface area (Å²) in [7, 11) is 0. The first-order chi connectivity index (χ1) is 8.75. The van der Waals surface area contributed by atoms with E-state index in [1.54, 1.807) is 0 Å². The zero-order valence-corrected chi connectivity index (χ0v) is 10.0. The van der Waals surface area contributed by atoms with E-state index < -0.39 is 0 Å². The number of hydrogen-bond donors (Lipinski definition) is 3. The van der Waals surface area contributed by atoms with Crippen LogP contribution in [-0.2, 0) is 4.74 Å². The summed E-state index contributed by atoms with van der Waals surface area (Å²) in [5, 5.41) is 5.67. The molecule has 1 saturated heterocycles. The van der Waals surface area contributed by atoms with Gasteiger partial charge in [0.05, 0.1) is 12.1 Å². The zero-order chi connectivity index (χ0) is 12.5. The van der Waals surface area contributed by atoms with Gasteiger partial charge in [-0.05, 0) is 18.6 Å². The topological polar surface area (TPSA) is 76.4 Å². The molecule has 5 heteroatoms. The highest BCUT2D eigenvalue weighted by Gasteiger charge is 2.52. The molecule has 1 saturated carbocycles. The van der Waals surface area contributed by atoms with Gasteiger partial charge in [0.1, 0.15) is 0 Å². The van der Waals surface area contributed by atoms with Crippen LogP contribution in [-0.4, -0.2) is 30.8 Å². The number of hydrogen-bond acceptors (Lipinski definition) is 3. The smallest absolute Gasteiger partial charge is 0.319 e. The average molecular weight is 247 g/mol. The SMILES string of the molecule is NC1C2CCOC2C1NC(=O)Nc1ccccc1. The molecule has 18 heavy (non-hydrogen) atoms. The van der Waals surface area contributed by atoms with Crippen molar-refractivity contribution in [1.82, 2.24) is 5.32 Å². The Morgan fingerprint density at radius 3 is 2.89 bits per heavy atom. The van der Waals surface area contributed by atoms with Crippen molar-refractivity contribution in [3.8, 4) is 0 Å². The zero-order valence-electron chi connectivity index (χ0n) is 10.0. The molecule has 0 aromatic heterocycles. The van der Waals surface area contributed by atoms with Crippen LogP contribution in [0.4, 0.5) is 10.5 Å². The second-order valence-corrected chi connectivity index (χ2v) is 4.86. The van der Waals surface area contributed by atoms with Gasteiger partial charge in [0, 0.05) is 24.3 Å². The summed E-state index contributed by atoms with van der Waals surface area (Å²) in [4.78, 5) is 11.8. The van der Waals surface area contributed by atoms with Crippen molar-refractivity contribution < 1.29 is 9.53 Å². The molecule has 2 amide bonds. The number of anilines is 1. The van der Waals surface area contributed by atoms with Gasteiger partial charge in [0.25, 0.3) is 0 Å². The number of carbonyl (C=O) groups is 1. The maximum atomic E-state index is 11.8. The van der Waals surface area contributed by atoms with Crippen LogP contribution >= 0.6 is 0 Å². The summed E-state index contributed by atoms with van der Waals surface area (Å²) in [6.45, 7) is 0.752. The number of carbonyl (C=O) groups excluding carboxylic acids is 1. The van der Waals surface area contributed by atoms with E-state index in [-0.39, 0.29) is 24.2 Å². The number of fused-ring (bicyclic) bond motifs is 1. The molecule has 1 heterocycles. The fourth-order valence-corrected chi connectivity index (χ4v) is 2.77. The van der Waals surface area contributed by atoms with Crippen LogP contribution in [0.1, 0.15) is 6.42 Å². The van der Waals surface area contributed by atoms with Crippen LogP contribution in [0.25, 0.3) is 0 Å². The summed E-state index contributed by atoms with van der Waals surface area (Å²) < 4.78 is 5.56. The second kappa shape index (κ2) is 4.59. The van der Waals surface area contributed by atoms with Crippen molar-refractivity contribution in [2.45, 2.75) is 24.6 Å². The van der Waals surface area contributed by atoms with Gasteiger partial charge >= 0.3 is 6.03 Å². The summed E-state index contributed by atoms with van der Waals surface area (Å²) in [6.07, 6.45) is 1.10. The Labute approximate surface area is 106 Å². The number of rotatable bonds is 2. The number of ether oxygens (including phenoxy) is 1. The van der Waals surface area contributed by atoms with Gasteiger partial charge < -0.3 is 21.1 Å². The molecule has 4 unspecified atom stereocenters. The molecule has 1 aliphatic carbocycles. The minimum atomic E-state index is -0.226. The third-order valence-corrected chi connectivity index (χ3v) is 3.78. The summed E-state index contributed by atoms with van der Waals surface area (Å²) in [5.41, 5.74) is 6.80. The number of nitrogens with two attached hydrogens (primary N) is 1. The molecule has 2 aliphatic rings. The van der Waals surface area contributed by atoms with E-state index in [9.17, 15) is 4.79 Å². The Hall–Kier alpha value is -1.59. The lowest BCUT2D eigenvalue weighted by Crippen LogP contribution is -2.69. The van der Waals surface area contributed by atoms with Crippen LogP contribution in [0.5, 0.6) is 0 Å². The Morgan fingerprint density at radius 2 is 2.11 bits per heavy atom. The molecular weight excluding hydrogens is 230 g/mol. The van der Waals surface area contributed by atoms with Crippen molar-refractivity contribution in [2.75, 3.05) is 11.9 Å². The van der Waals surface area contributed by atoms with Crippen LogP contribution in [0, 0.1) is 5.92 Å². The van der Waals surface area contributed by atoms with Crippen molar-refractivity contribution in [1.29, 1.82) is 0 Å². The molecule has 2 fully saturated rings. The summed E-state index contributed by atoms with van der Waals surface area (Å²) in [5.74, 6) is 0.409. The highest BCUT2D eigenvalue weighted by atomic mass is 16.5. The molecule has 1 aliphatic heterocycles. The van der Waals surface area contributed by atoms with Crippen LogP contribution in [0.2, 0.25) is 0 Å². The Kier molecular flexibility index (Phi) is 2.93.